The maximum Gasteiger partial charge on any atom is 0.319 e. The highest BCUT2D eigenvalue weighted by Gasteiger charge is 2.19. The molecule has 4 nitrogen and oxygen atoms in total. The lowest BCUT2D eigenvalue weighted by atomic mass is 9.97. The number of carbonyl (C=O) groups is 1. The minimum atomic E-state index is -0.0209. The summed E-state index contributed by atoms with van der Waals surface area (Å²) in [5.41, 5.74) is 0.135. The molecule has 0 aromatic heterocycles. The van der Waals surface area contributed by atoms with E-state index in [2.05, 4.69) is 26.1 Å². The Hall–Kier alpha value is -0.770. The summed E-state index contributed by atoms with van der Waals surface area (Å²) in [4.78, 5) is 13.1. The minimum absolute atomic E-state index is 0.0209. The summed E-state index contributed by atoms with van der Waals surface area (Å²) in [6.07, 6.45) is 0. The molecule has 0 saturated carbocycles. The SMILES string of the molecule is CC(C)(C)CNC(=O)N1CCOC1. The molecule has 4 heteroatoms. The van der Waals surface area contributed by atoms with Crippen LogP contribution in [-0.2, 0) is 4.74 Å². The molecule has 1 heterocycles. The number of rotatable bonds is 1. The molecule has 0 radical (unpaired) electrons. The van der Waals surface area contributed by atoms with E-state index in [4.69, 9.17) is 4.74 Å². The number of hydrogen-bond donors (Lipinski definition) is 1. The van der Waals surface area contributed by atoms with Crippen molar-refractivity contribution in [1.82, 2.24) is 10.2 Å². The molecule has 2 amide bonds. The number of urea groups is 1. The Labute approximate surface area is 79.2 Å². The number of nitrogens with one attached hydrogen (secondary N) is 1. The summed E-state index contributed by atoms with van der Waals surface area (Å²) in [7, 11) is 0. The van der Waals surface area contributed by atoms with Crippen molar-refractivity contribution in [3.05, 3.63) is 0 Å². The first-order valence-corrected chi connectivity index (χ1v) is 4.59. The van der Waals surface area contributed by atoms with Gasteiger partial charge in [-0.3, -0.25) is 4.90 Å². The molecule has 0 aromatic rings. The van der Waals surface area contributed by atoms with Gasteiger partial charge in [0.25, 0.3) is 0 Å². The first-order chi connectivity index (χ1) is 5.99. The van der Waals surface area contributed by atoms with Gasteiger partial charge in [0.1, 0.15) is 6.73 Å². The largest absolute Gasteiger partial charge is 0.359 e. The third-order valence-corrected chi connectivity index (χ3v) is 1.81. The van der Waals surface area contributed by atoms with E-state index in [1.165, 1.54) is 0 Å². The Morgan fingerprint density at radius 1 is 1.54 bits per heavy atom. The molecule has 0 atom stereocenters. The predicted molar refractivity (Wildman–Crippen MR) is 50.4 cm³/mol. The van der Waals surface area contributed by atoms with Crippen molar-refractivity contribution in [2.24, 2.45) is 5.41 Å². The van der Waals surface area contributed by atoms with Crippen LogP contribution in [0.15, 0.2) is 0 Å². The third kappa shape index (κ3) is 3.63. The fraction of sp³-hybridized carbons (Fsp3) is 0.889. The van der Waals surface area contributed by atoms with Gasteiger partial charge in [0, 0.05) is 13.1 Å². The molecule has 1 aliphatic rings. The van der Waals surface area contributed by atoms with E-state index in [0.717, 1.165) is 0 Å². The van der Waals surface area contributed by atoms with E-state index in [0.29, 0.717) is 26.4 Å². The number of nitrogens with zero attached hydrogens (tertiary/aromatic N) is 1. The highest BCUT2D eigenvalue weighted by molar-refractivity contribution is 5.74. The average Bonchev–Trinajstić information content (AvgIpc) is 2.50. The van der Waals surface area contributed by atoms with Crippen LogP contribution in [0.25, 0.3) is 0 Å². The highest BCUT2D eigenvalue weighted by Crippen LogP contribution is 2.10. The topological polar surface area (TPSA) is 41.6 Å². The Bertz CT molecular complexity index is 181. The first kappa shape index (κ1) is 10.3. The molecule has 0 bridgehead atoms. The summed E-state index contributed by atoms with van der Waals surface area (Å²) >= 11 is 0. The van der Waals surface area contributed by atoms with Crippen LogP contribution in [0.1, 0.15) is 20.8 Å². The molecule has 0 aromatic carbocycles. The Kier molecular flexibility index (Phi) is 3.14. The third-order valence-electron chi connectivity index (χ3n) is 1.81. The maximum atomic E-state index is 11.4. The lowest BCUT2D eigenvalue weighted by Gasteiger charge is -2.21. The van der Waals surface area contributed by atoms with Crippen LogP contribution in [0.4, 0.5) is 4.79 Å². The van der Waals surface area contributed by atoms with Crippen LogP contribution >= 0.6 is 0 Å². The number of carbonyl (C=O) groups excluding carboxylic acids is 1. The standard InChI is InChI=1S/C9H18N2O2/c1-9(2,3)6-10-8(12)11-4-5-13-7-11/h4-7H2,1-3H3,(H,10,12). The van der Waals surface area contributed by atoms with Crippen molar-refractivity contribution in [3.8, 4) is 0 Å². The molecule has 1 N–H and O–H groups in total. The second-order valence-electron chi connectivity index (χ2n) is 4.52. The minimum Gasteiger partial charge on any atom is -0.359 e. The lowest BCUT2D eigenvalue weighted by Crippen LogP contribution is -2.41. The van der Waals surface area contributed by atoms with Gasteiger partial charge >= 0.3 is 6.03 Å². The van der Waals surface area contributed by atoms with E-state index >= 15 is 0 Å². The van der Waals surface area contributed by atoms with Crippen molar-refractivity contribution in [1.29, 1.82) is 0 Å². The summed E-state index contributed by atoms with van der Waals surface area (Å²) < 4.78 is 5.08. The Balaban J connectivity index is 2.25. The first-order valence-electron chi connectivity index (χ1n) is 4.59. The molecular weight excluding hydrogens is 168 g/mol. The second-order valence-corrected chi connectivity index (χ2v) is 4.52. The molecular formula is C9H18N2O2. The maximum absolute atomic E-state index is 11.4. The van der Waals surface area contributed by atoms with E-state index in [9.17, 15) is 4.79 Å². The Morgan fingerprint density at radius 2 is 2.23 bits per heavy atom. The fourth-order valence-electron chi connectivity index (χ4n) is 1.03. The molecule has 0 spiro atoms. The normalized spacial score (nSPS) is 17.6. The number of ether oxygens (including phenoxy) is 1. The van der Waals surface area contributed by atoms with Gasteiger partial charge in [-0.25, -0.2) is 4.79 Å². The van der Waals surface area contributed by atoms with Crippen molar-refractivity contribution in [3.63, 3.8) is 0 Å². The van der Waals surface area contributed by atoms with E-state index < -0.39 is 0 Å². The Morgan fingerprint density at radius 3 is 2.69 bits per heavy atom. The molecule has 1 fully saturated rings. The summed E-state index contributed by atoms with van der Waals surface area (Å²) in [6.45, 7) is 8.76. The summed E-state index contributed by atoms with van der Waals surface area (Å²) in [6, 6.07) is -0.0209. The van der Waals surface area contributed by atoms with E-state index in [1.54, 1.807) is 4.90 Å². The number of amides is 2. The molecule has 13 heavy (non-hydrogen) atoms. The zero-order chi connectivity index (χ0) is 9.90. The molecule has 1 aliphatic heterocycles. The van der Waals surface area contributed by atoms with Crippen LogP contribution in [0, 0.1) is 5.41 Å². The summed E-state index contributed by atoms with van der Waals surface area (Å²) in [5.74, 6) is 0. The van der Waals surface area contributed by atoms with Gasteiger partial charge in [-0.2, -0.15) is 0 Å². The van der Waals surface area contributed by atoms with Crippen LogP contribution in [0.5, 0.6) is 0 Å². The van der Waals surface area contributed by atoms with E-state index in [-0.39, 0.29) is 11.4 Å². The lowest BCUT2D eigenvalue weighted by molar-refractivity contribution is 0.142. The smallest absolute Gasteiger partial charge is 0.319 e. The van der Waals surface area contributed by atoms with Crippen LogP contribution < -0.4 is 5.32 Å². The predicted octanol–water partition coefficient (Wildman–Crippen LogP) is 1.03. The van der Waals surface area contributed by atoms with Gasteiger partial charge in [-0.05, 0) is 5.41 Å². The van der Waals surface area contributed by atoms with Crippen molar-refractivity contribution in [2.75, 3.05) is 26.4 Å². The van der Waals surface area contributed by atoms with Crippen molar-refractivity contribution < 1.29 is 9.53 Å². The van der Waals surface area contributed by atoms with E-state index in [1.807, 2.05) is 0 Å². The zero-order valence-electron chi connectivity index (χ0n) is 8.59. The fourth-order valence-corrected chi connectivity index (χ4v) is 1.03. The monoisotopic (exact) mass is 186 g/mol. The van der Waals surface area contributed by atoms with Crippen molar-refractivity contribution >= 4 is 6.03 Å². The number of hydrogen-bond acceptors (Lipinski definition) is 2. The van der Waals surface area contributed by atoms with Crippen LogP contribution in [0.3, 0.4) is 0 Å². The van der Waals surface area contributed by atoms with Gasteiger partial charge in [-0.15, -0.1) is 0 Å². The van der Waals surface area contributed by atoms with Gasteiger partial charge in [0.15, 0.2) is 0 Å². The van der Waals surface area contributed by atoms with Crippen LogP contribution in [0.2, 0.25) is 0 Å². The quantitative estimate of drug-likeness (QED) is 0.664. The highest BCUT2D eigenvalue weighted by atomic mass is 16.5. The second kappa shape index (κ2) is 3.96. The van der Waals surface area contributed by atoms with Crippen molar-refractivity contribution in [2.45, 2.75) is 20.8 Å². The zero-order valence-corrected chi connectivity index (χ0v) is 8.59. The molecule has 0 unspecified atom stereocenters. The van der Waals surface area contributed by atoms with Gasteiger partial charge in [0.05, 0.1) is 6.61 Å². The molecule has 1 saturated heterocycles. The van der Waals surface area contributed by atoms with Gasteiger partial charge < -0.3 is 10.1 Å². The summed E-state index contributed by atoms with van der Waals surface area (Å²) in [5, 5.41) is 2.87. The molecule has 76 valence electrons. The average molecular weight is 186 g/mol. The molecule has 1 rings (SSSR count). The molecule has 0 aliphatic carbocycles. The van der Waals surface area contributed by atoms with Crippen LogP contribution in [-0.4, -0.2) is 37.4 Å². The van der Waals surface area contributed by atoms with Gasteiger partial charge in [-0.1, -0.05) is 20.8 Å². The van der Waals surface area contributed by atoms with Gasteiger partial charge in [0.2, 0.25) is 0 Å².